The molecule has 0 aliphatic carbocycles. The number of rotatable bonds is 7. The summed E-state index contributed by atoms with van der Waals surface area (Å²) < 4.78 is 5.30. The van der Waals surface area contributed by atoms with Crippen molar-refractivity contribution in [1.29, 1.82) is 0 Å². The number of likely N-dealkylation sites (N-methyl/N-ethyl adjacent to an activating group) is 1. The molecule has 2 atom stereocenters. The molecular weight excluding hydrogens is 558 g/mol. The largest absolute Gasteiger partial charge is 0.466 e. The molecule has 4 aromatic rings. The zero-order chi connectivity index (χ0) is 31.2. The smallest absolute Gasteiger partial charge is 0.308 e. The van der Waals surface area contributed by atoms with Crippen LogP contribution in [0.2, 0.25) is 0 Å². The summed E-state index contributed by atoms with van der Waals surface area (Å²) in [4.78, 5) is 55.3. The Balaban J connectivity index is 1.64. The Bertz CT molecular complexity index is 1760. The average molecular weight is 588 g/mol. The summed E-state index contributed by atoms with van der Waals surface area (Å²) in [7, 11) is 1.62. The van der Waals surface area contributed by atoms with Crippen LogP contribution in [-0.2, 0) is 14.3 Å². The highest BCUT2D eigenvalue weighted by Gasteiger charge is 2.43. The van der Waals surface area contributed by atoms with E-state index < -0.39 is 28.9 Å². The maximum Gasteiger partial charge on any atom is 0.308 e. The van der Waals surface area contributed by atoms with Gasteiger partial charge in [-0.3, -0.25) is 24.5 Å². The first-order chi connectivity index (χ1) is 21.3. The number of nitro benzene ring substituents is 1. The molecule has 0 aromatic heterocycles. The van der Waals surface area contributed by atoms with Gasteiger partial charge in [-0.25, -0.2) is 0 Å². The van der Waals surface area contributed by atoms with Crippen molar-refractivity contribution in [3.63, 3.8) is 0 Å². The Morgan fingerprint density at radius 3 is 2.16 bits per heavy atom. The minimum atomic E-state index is -1.03. The van der Waals surface area contributed by atoms with Crippen molar-refractivity contribution in [3.05, 3.63) is 141 Å². The second-order valence-corrected chi connectivity index (χ2v) is 10.1. The van der Waals surface area contributed by atoms with E-state index in [2.05, 4.69) is 11.8 Å². The molecule has 0 N–H and O–H groups in total. The Labute approximate surface area is 254 Å². The van der Waals surface area contributed by atoms with E-state index >= 15 is 0 Å². The molecule has 0 spiro atoms. The molecular formula is C35H29N3O6. The number of amides is 2. The highest BCUT2D eigenvalue weighted by Crippen LogP contribution is 2.40. The molecule has 1 heterocycles. The number of benzene rings is 4. The third-order valence-electron chi connectivity index (χ3n) is 7.40. The molecule has 0 saturated heterocycles. The van der Waals surface area contributed by atoms with Crippen molar-refractivity contribution >= 4 is 29.2 Å². The molecule has 2 unspecified atom stereocenters. The SMILES string of the molecule is CCOC(=O)CC(c1ccccc1)N1C(=O)c2cc(C#Cc3ccc([N+](=O)[O-])cc3)ccc2N(C)C(=O)C1c1ccccc1. The van der Waals surface area contributed by atoms with Crippen molar-refractivity contribution in [1.82, 2.24) is 4.90 Å². The first-order valence-electron chi connectivity index (χ1n) is 14.0. The summed E-state index contributed by atoms with van der Waals surface area (Å²) in [5, 5.41) is 11.0. The fraction of sp³-hybridized carbons (Fsp3) is 0.171. The van der Waals surface area contributed by atoms with Crippen LogP contribution in [0.1, 0.15) is 58.0 Å². The van der Waals surface area contributed by atoms with E-state index in [4.69, 9.17) is 4.74 Å². The Morgan fingerprint density at radius 2 is 1.52 bits per heavy atom. The summed E-state index contributed by atoms with van der Waals surface area (Å²) in [5.74, 6) is 4.74. The number of nitro groups is 1. The number of ether oxygens (including phenoxy) is 1. The van der Waals surface area contributed by atoms with Crippen molar-refractivity contribution in [2.24, 2.45) is 0 Å². The summed E-state index contributed by atoms with van der Waals surface area (Å²) in [5.41, 5.74) is 2.98. The van der Waals surface area contributed by atoms with Gasteiger partial charge in [-0.05, 0) is 48.4 Å². The van der Waals surface area contributed by atoms with Gasteiger partial charge >= 0.3 is 5.97 Å². The van der Waals surface area contributed by atoms with Gasteiger partial charge in [0.2, 0.25) is 0 Å². The lowest BCUT2D eigenvalue weighted by molar-refractivity contribution is -0.384. The molecule has 2 amide bonds. The van der Waals surface area contributed by atoms with Crippen LogP contribution in [0.3, 0.4) is 0 Å². The lowest BCUT2D eigenvalue weighted by Crippen LogP contribution is -2.44. The number of carbonyl (C=O) groups excluding carboxylic acids is 3. The molecule has 44 heavy (non-hydrogen) atoms. The maximum atomic E-state index is 14.7. The summed E-state index contributed by atoms with van der Waals surface area (Å²) in [6.07, 6.45) is -0.154. The van der Waals surface area contributed by atoms with Gasteiger partial charge in [0.25, 0.3) is 17.5 Å². The van der Waals surface area contributed by atoms with Crippen LogP contribution in [0.4, 0.5) is 11.4 Å². The van der Waals surface area contributed by atoms with Crippen LogP contribution >= 0.6 is 0 Å². The molecule has 4 aromatic carbocycles. The van der Waals surface area contributed by atoms with E-state index in [0.29, 0.717) is 27.9 Å². The third-order valence-corrected chi connectivity index (χ3v) is 7.40. The molecule has 0 fully saturated rings. The fourth-order valence-corrected chi connectivity index (χ4v) is 5.26. The minimum absolute atomic E-state index is 0.0391. The first-order valence-corrected chi connectivity index (χ1v) is 14.0. The van der Waals surface area contributed by atoms with Gasteiger partial charge in [0.05, 0.1) is 35.2 Å². The Kier molecular flexibility index (Phi) is 8.82. The van der Waals surface area contributed by atoms with E-state index in [0.717, 1.165) is 0 Å². The van der Waals surface area contributed by atoms with Gasteiger partial charge in [-0.1, -0.05) is 72.5 Å². The molecule has 9 heteroatoms. The van der Waals surface area contributed by atoms with E-state index in [9.17, 15) is 24.5 Å². The van der Waals surface area contributed by atoms with Gasteiger partial charge in [0.15, 0.2) is 0 Å². The Morgan fingerprint density at radius 1 is 0.909 bits per heavy atom. The molecule has 0 saturated carbocycles. The zero-order valence-corrected chi connectivity index (χ0v) is 24.2. The van der Waals surface area contributed by atoms with Crippen LogP contribution in [-0.4, -0.2) is 41.3 Å². The lowest BCUT2D eigenvalue weighted by atomic mass is 9.95. The third kappa shape index (κ3) is 6.20. The predicted octanol–water partition coefficient (Wildman–Crippen LogP) is 5.85. The monoisotopic (exact) mass is 587 g/mol. The summed E-state index contributed by atoms with van der Waals surface area (Å²) >= 11 is 0. The van der Waals surface area contributed by atoms with Crippen molar-refractivity contribution in [2.45, 2.75) is 25.4 Å². The second-order valence-electron chi connectivity index (χ2n) is 10.1. The molecule has 0 bridgehead atoms. The van der Waals surface area contributed by atoms with Gasteiger partial charge in [0, 0.05) is 30.3 Å². The highest BCUT2D eigenvalue weighted by atomic mass is 16.6. The average Bonchev–Trinajstić information content (AvgIpc) is 3.12. The first kappa shape index (κ1) is 29.7. The van der Waals surface area contributed by atoms with E-state index in [1.807, 2.05) is 36.4 Å². The number of esters is 1. The normalized spacial score (nSPS) is 15.0. The topological polar surface area (TPSA) is 110 Å². The highest BCUT2D eigenvalue weighted by molar-refractivity contribution is 6.11. The van der Waals surface area contributed by atoms with Crippen molar-refractivity contribution in [3.8, 4) is 11.8 Å². The van der Waals surface area contributed by atoms with E-state index in [1.54, 1.807) is 68.6 Å². The molecule has 1 aliphatic heterocycles. The number of nitrogens with zero attached hydrogens (tertiary/aromatic N) is 3. The van der Waals surface area contributed by atoms with Gasteiger partial charge in [-0.2, -0.15) is 0 Å². The van der Waals surface area contributed by atoms with Crippen molar-refractivity contribution < 1.29 is 24.0 Å². The summed E-state index contributed by atoms with van der Waals surface area (Å²) in [6.45, 7) is 1.89. The number of anilines is 1. The van der Waals surface area contributed by atoms with E-state index in [1.165, 1.54) is 21.9 Å². The quantitative estimate of drug-likeness (QED) is 0.116. The van der Waals surface area contributed by atoms with Gasteiger partial charge in [-0.15, -0.1) is 0 Å². The Hall–Kier alpha value is -5.75. The summed E-state index contributed by atoms with van der Waals surface area (Å²) in [6, 6.07) is 27.2. The van der Waals surface area contributed by atoms with Crippen LogP contribution in [0.25, 0.3) is 0 Å². The second kappa shape index (κ2) is 13.0. The number of carbonyl (C=O) groups is 3. The lowest BCUT2D eigenvalue weighted by Gasteiger charge is -2.37. The molecule has 0 radical (unpaired) electrons. The maximum absolute atomic E-state index is 14.7. The molecule has 5 rings (SSSR count). The number of non-ortho nitro benzene ring substituents is 1. The van der Waals surface area contributed by atoms with Crippen LogP contribution in [0.5, 0.6) is 0 Å². The predicted molar refractivity (Wildman–Crippen MR) is 165 cm³/mol. The van der Waals surface area contributed by atoms with Gasteiger partial charge in [0.1, 0.15) is 6.04 Å². The molecule has 9 nitrogen and oxygen atoms in total. The zero-order valence-electron chi connectivity index (χ0n) is 24.2. The standard InChI is InChI=1S/C35H29N3O6/c1-3-44-32(39)23-31(26-10-6-4-7-11-26)37-33(27-12-8-5-9-13-27)35(41)36(2)30-21-18-25(22-29(30)34(37)40)15-14-24-16-19-28(20-17-24)38(42)43/h4-13,16-22,31,33H,3,23H2,1-2H3. The molecule has 220 valence electrons. The molecule has 1 aliphatic rings. The van der Waals surface area contributed by atoms with Crippen LogP contribution in [0.15, 0.2) is 103 Å². The van der Waals surface area contributed by atoms with Crippen LogP contribution in [0, 0.1) is 22.0 Å². The van der Waals surface area contributed by atoms with Gasteiger partial charge < -0.3 is 14.5 Å². The number of hydrogen-bond donors (Lipinski definition) is 0. The fourth-order valence-electron chi connectivity index (χ4n) is 5.26. The minimum Gasteiger partial charge on any atom is -0.466 e. The number of fused-ring (bicyclic) bond motifs is 1. The number of hydrogen-bond acceptors (Lipinski definition) is 6. The van der Waals surface area contributed by atoms with Crippen LogP contribution < -0.4 is 4.90 Å². The van der Waals surface area contributed by atoms with Crippen molar-refractivity contribution in [2.75, 3.05) is 18.6 Å². The van der Waals surface area contributed by atoms with E-state index in [-0.39, 0.29) is 30.2 Å².